The Morgan fingerprint density at radius 1 is 1.06 bits per heavy atom. The van der Waals surface area contributed by atoms with Crippen LogP contribution in [0, 0.1) is 0 Å². The van der Waals surface area contributed by atoms with Crippen molar-refractivity contribution in [2.24, 2.45) is 4.99 Å². The van der Waals surface area contributed by atoms with Gasteiger partial charge in [-0.2, -0.15) is 0 Å². The number of aromatic nitrogens is 1. The van der Waals surface area contributed by atoms with Crippen molar-refractivity contribution in [1.29, 1.82) is 0 Å². The van der Waals surface area contributed by atoms with E-state index in [1.54, 1.807) is 60.7 Å². The number of esters is 1. The second kappa shape index (κ2) is 15.4. The number of fused-ring (bicyclic) bond motifs is 1. The van der Waals surface area contributed by atoms with Crippen molar-refractivity contribution in [3.05, 3.63) is 147 Å². The Morgan fingerprint density at radius 2 is 1.82 bits per heavy atom. The number of benzene rings is 4. The molecule has 0 spiro atoms. The predicted molar refractivity (Wildman–Crippen MR) is 201 cm³/mol. The standard InChI is InChI=1S/C37H29BrCl2N2O5S2/c1-4-46-36(44)31-32(22-8-6-5-7-9-22)41-37-42(33(31)23-11-14-26(48-3)15-12-23)35(43)30(49-37)18-21-16-27(38)34(29(17-21)45-2)47-20-24-10-13-25(39)19-28(24)40/h5-19,33H,4,20H2,1-3H3/b30-18-/t33-/m0/s1. The number of carbonyl (C=O) groups is 1. The van der Waals surface area contributed by atoms with Crippen LogP contribution in [0.3, 0.4) is 0 Å². The number of nitrogens with zero attached hydrogens (tertiary/aromatic N) is 2. The van der Waals surface area contributed by atoms with E-state index in [9.17, 15) is 9.59 Å². The zero-order valence-corrected chi connectivity index (χ0v) is 31.3. The maximum Gasteiger partial charge on any atom is 0.338 e. The number of thiazole rings is 1. The molecule has 1 aromatic heterocycles. The van der Waals surface area contributed by atoms with Crippen molar-refractivity contribution >= 4 is 80.0 Å². The quantitative estimate of drug-likeness (QED) is 0.105. The van der Waals surface area contributed by atoms with E-state index < -0.39 is 12.0 Å². The lowest BCUT2D eigenvalue weighted by Crippen LogP contribution is -2.40. The first-order chi connectivity index (χ1) is 23.7. The third-order valence-electron chi connectivity index (χ3n) is 7.74. The fraction of sp³-hybridized carbons (Fsp3) is 0.162. The molecule has 0 aliphatic carbocycles. The third kappa shape index (κ3) is 7.39. The summed E-state index contributed by atoms with van der Waals surface area (Å²) < 4.78 is 20.0. The zero-order valence-electron chi connectivity index (χ0n) is 26.5. The first-order valence-electron chi connectivity index (χ1n) is 15.1. The van der Waals surface area contributed by atoms with Crippen LogP contribution in [0.25, 0.3) is 11.8 Å². The molecular formula is C37H29BrCl2N2O5S2. The summed E-state index contributed by atoms with van der Waals surface area (Å²) in [5, 5.41) is 1.03. The topological polar surface area (TPSA) is 79.1 Å². The highest BCUT2D eigenvalue weighted by Crippen LogP contribution is 2.39. The fourth-order valence-corrected chi connectivity index (χ4v) is 7.89. The molecule has 6 rings (SSSR count). The Balaban J connectivity index is 1.48. The van der Waals surface area contributed by atoms with E-state index in [0.717, 1.165) is 21.6 Å². The van der Waals surface area contributed by atoms with Crippen molar-refractivity contribution in [2.45, 2.75) is 24.5 Å². The van der Waals surface area contributed by atoms with Crippen molar-refractivity contribution in [3.8, 4) is 11.5 Å². The normalized spacial score (nSPS) is 14.3. The van der Waals surface area contributed by atoms with Crippen molar-refractivity contribution in [1.82, 2.24) is 4.57 Å². The van der Waals surface area contributed by atoms with E-state index in [-0.39, 0.29) is 18.8 Å². The smallest absolute Gasteiger partial charge is 0.338 e. The molecule has 1 aliphatic heterocycles. The molecule has 7 nitrogen and oxygen atoms in total. The van der Waals surface area contributed by atoms with Gasteiger partial charge in [0.25, 0.3) is 5.56 Å². The first-order valence-corrected chi connectivity index (χ1v) is 18.7. The van der Waals surface area contributed by atoms with Crippen LogP contribution in [0.1, 0.15) is 35.2 Å². The molecule has 2 heterocycles. The number of thioether (sulfide) groups is 1. The number of rotatable bonds is 10. The zero-order chi connectivity index (χ0) is 34.7. The molecule has 0 amide bonds. The highest BCUT2D eigenvalue weighted by atomic mass is 79.9. The maximum atomic E-state index is 14.3. The lowest BCUT2D eigenvalue weighted by atomic mass is 9.93. The summed E-state index contributed by atoms with van der Waals surface area (Å²) >= 11 is 18.9. The molecular weight excluding hydrogens is 767 g/mol. The molecule has 0 saturated carbocycles. The van der Waals surface area contributed by atoms with Crippen LogP contribution in [0.5, 0.6) is 11.5 Å². The van der Waals surface area contributed by atoms with Crippen LogP contribution < -0.4 is 24.4 Å². The Bertz CT molecular complexity index is 2250. The molecule has 0 bridgehead atoms. The molecule has 0 radical (unpaired) electrons. The van der Waals surface area contributed by atoms with Gasteiger partial charge in [-0.1, -0.05) is 83.1 Å². The molecule has 4 aromatic carbocycles. The monoisotopic (exact) mass is 794 g/mol. The molecule has 1 aliphatic rings. The van der Waals surface area contributed by atoms with Crippen LogP contribution in [0.4, 0.5) is 0 Å². The number of hydrogen-bond acceptors (Lipinski definition) is 8. The molecule has 12 heteroatoms. The first kappa shape index (κ1) is 35.0. The molecule has 5 aromatic rings. The molecule has 49 heavy (non-hydrogen) atoms. The number of carbonyl (C=O) groups excluding carboxylic acids is 1. The van der Waals surface area contributed by atoms with Crippen LogP contribution in [0.15, 0.2) is 110 Å². The van der Waals surface area contributed by atoms with Crippen LogP contribution in [0.2, 0.25) is 10.0 Å². The average molecular weight is 797 g/mol. The van der Waals surface area contributed by atoms with Gasteiger partial charge in [0, 0.05) is 26.1 Å². The van der Waals surface area contributed by atoms with Crippen LogP contribution >= 0.6 is 62.2 Å². The summed E-state index contributed by atoms with van der Waals surface area (Å²) in [4.78, 5) is 34.5. The van der Waals surface area contributed by atoms with Gasteiger partial charge in [-0.15, -0.1) is 11.8 Å². The second-order valence-corrected chi connectivity index (χ2v) is 14.3. The van der Waals surface area contributed by atoms with E-state index in [1.807, 2.05) is 66.9 Å². The fourth-order valence-electron chi connectivity index (χ4n) is 5.45. The van der Waals surface area contributed by atoms with Gasteiger partial charge in [0.1, 0.15) is 6.61 Å². The Morgan fingerprint density at radius 3 is 2.49 bits per heavy atom. The summed E-state index contributed by atoms with van der Waals surface area (Å²) in [7, 11) is 1.55. The number of hydrogen-bond donors (Lipinski definition) is 0. The molecule has 250 valence electrons. The minimum Gasteiger partial charge on any atom is -0.493 e. The largest absolute Gasteiger partial charge is 0.493 e. The van der Waals surface area contributed by atoms with E-state index in [4.69, 9.17) is 42.4 Å². The van der Waals surface area contributed by atoms with Crippen molar-refractivity contribution in [2.75, 3.05) is 20.0 Å². The maximum absolute atomic E-state index is 14.3. The lowest BCUT2D eigenvalue weighted by Gasteiger charge is -2.26. The van der Waals surface area contributed by atoms with Gasteiger partial charge in [0.15, 0.2) is 16.3 Å². The molecule has 0 unspecified atom stereocenters. The molecule has 0 fully saturated rings. The summed E-state index contributed by atoms with van der Waals surface area (Å²) in [6.07, 6.45) is 3.78. The van der Waals surface area contributed by atoms with Gasteiger partial charge in [0.2, 0.25) is 0 Å². The molecule has 0 saturated heterocycles. The lowest BCUT2D eigenvalue weighted by molar-refractivity contribution is -0.138. The molecule has 1 atom stereocenters. The minimum atomic E-state index is -0.764. The van der Waals surface area contributed by atoms with E-state index in [1.165, 1.54) is 11.3 Å². The van der Waals surface area contributed by atoms with Gasteiger partial charge >= 0.3 is 5.97 Å². The van der Waals surface area contributed by atoms with Crippen LogP contribution in [-0.4, -0.2) is 30.5 Å². The SMILES string of the molecule is CCOC(=O)C1=C(c2ccccc2)N=c2s/c(=C\c3cc(Br)c(OCc4ccc(Cl)cc4Cl)c(OC)c3)c(=O)n2[C@H]1c1ccc(SC)cc1. The molecule has 0 N–H and O–H groups in total. The third-order valence-corrected chi connectivity index (χ3v) is 10.6. The van der Waals surface area contributed by atoms with Gasteiger partial charge in [0.05, 0.1) is 40.0 Å². The van der Waals surface area contributed by atoms with Gasteiger partial charge < -0.3 is 14.2 Å². The van der Waals surface area contributed by atoms with E-state index >= 15 is 0 Å². The average Bonchev–Trinajstić information content (AvgIpc) is 3.41. The number of methoxy groups -OCH3 is 1. The highest BCUT2D eigenvalue weighted by molar-refractivity contribution is 9.10. The summed E-state index contributed by atoms with van der Waals surface area (Å²) in [6, 6.07) is 25.4. The second-order valence-electron chi connectivity index (χ2n) is 10.8. The Hall–Kier alpha value is -3.80. The van der Waals surface area contributed by atoms with Crippen LogP contribution in [-0.2, 0) is 16.1 Å². The number of ether oxygens (including phenoxy) is 3. The van der Waals surface area contributed by atoms with Crippen molar-refractivity contribution in [3.63, 3.8) is 0 Å². The van der Waals surface area contributed by atoms with Gasteiger partial charge in [-0.3, -0.25) is 9.36 Å². The van der Waals surface area contributed by atoms with Crippen molar-refractivity contribution < 1.29 is 19.0 Å². The Labute approximate surface area is 309 Å². The highest BCUT2D eigenvalue weighted by Gasteiger charge is 2.35. The summed E-state index contributed by atoms with van der Waals surface area (Å²) in [5.74, 6) is 0.413. The predicted octanol–water partition coefficient (Wildman–Crippen LogP) is 8.31. The van der Waals surface area contributed by atoms with E-state index in [0.29, 0.717) is 52.2 Å². The number of halogens is 3. The summed E-state index contributed by atoms with van der Waals surface area (Å²) in [5.41, 5.74) is 3.46. The summed E-state index contributed by atoms with van der Waals surface area (Å²) in [6.45, 7) is 2.12. The van der Waals surface area contributed by atoms with Gasteiger partial charge in [-0.05, 0) is 82.7 Å². The van der Waals surface area contributed by atoms with Gasteiger partial charge in [-0.25, -0.2) is 9.79 Å². The van der Waals surface area contributed by atoms with E-state index in [2.05, 4.69) is 15.9 Å². The Kier molecular flexibility index (Phi) is 11.0. The minimum absolute atomic E-state index is 0.177.